The molecule has 0 aliphatic rings. The van der Waals surface area contributed by atoms with Crippen LogP contribution in [-0.4, -0.2) is 11.6 Å². The predicted octanol–water partition coefficient (Wildman–Crippen LogP) is 8.51. The number of hydrogen-bond acceptors (Lipinski definition) is 2. The zero-order valence-corrected chi connectivity index (χ0v) is 20.2. The number of unbranched alkanes of at least 4 members (excludes halogenated alkanes) is 10. The Kier molecular flexibility index (Phi) is 13.8. The van der Waals surface area contributed by atoms with E-state index < -0.39 is 0 Å². The number of aromatic nitrogens is 1. The van der Waals surface area contributed by atoms with Gasteiger partial charge in [-0.2, -0.15) is 0 Å². The molecule has 172 valence electrons. The minimum absolute atomic E-state index is 0.828. The predicted molar refractivity (Wildman–Crippen MR) is 134 cm³/mol. The Morgan fingerprint density at radius 3 is 1.84 bits per heavy atom. The summed E-state index contributed by atoms with van der Waals surface area (Å²) in [7, 11) is 0. The van der Waals surface area contributed by atoms with Crippen molar-refractivity contribution in [1.82, 2.24) is 4.98 Å². The third-order valence-corrected chi connectivity index (χ3v) is 6.06. The lowest BCUT2D eigenvalue weighted by Crippen LogP contribution is -1.98. The first-order chi connectivity index (χ1) is 15.3. The van der Waals surface area contributed by atoms with Crippen LogP contribution in [0, 0.1) is 0 Å². The van der Waals surface area contributed by atoms with Crippen molar-refractivity contribution in [3.05, 3.63) is 59.4 Å². The van der Waals surface area contributed by atoms with Crippen molar-refractivity contribution in [3.8, 4) is 5.75 Å². The molecule has 2 nitrogen and oxygen atoms in total. The summed E-state index contributed by atoms with van der Waals surface area (Å²) in [4.78, 5) is 4.70. The van der Waals surface area contributed by atoms with Crippen molar-refractivity contribution < 1.29 is 4.74 Å². The number of pyridine rings is 1. The van der Waals surface area contributed by atoms with Crippen molar-refractivity contribution >= 4 is 0 Å². The number of aryl methyl sites for hydroxylation is 3. The summed E-state index contributed by atoms with van der Waals surface area (Å²) in [5, 5.41) is 0. The first-order valence-electron chi connectivity index (χ1n) is 13.0. The summed E-state index contributed by atoms with van der Waals surface area (Å²) < 4.78 is 5.84. The molecule has 31 heavy (non-hydrogen) atoms. The normalized spacial score (nSPS) is 11.0. The maximum Gasteiger partial charge on any atom is 0.119 e. The average molecular weight is 424 g/mol. The second-order valence-electron chi connectivity index (χ2n) is 8.94. The standard InChI is InChI=1S/C29H45NO/c1-3-5-7-9-10-11-12-13-15-27-17-21-28(30-25-27)20-16-26-18-22-29(23-19-26)31-24-14-8-6-4-2/h17-19,21-23,25H,3-16,20,24H2,1-2H3. The van der Waals surface area contributed by atoms with E-state index >= 15 is 0 Å². The van der Waals surface area contributed by atoms with Gasteiger partial charge in [0.15, 0.2) is 0 Å². The molecule has 0 amide bonds. The quantitative estimate of drug-likeness (QED) is 0.224. The van der Waals surface area contributed by atoms with Crippen LogP contribution in [0.4, 0.5) is 0 Å². The Hall–Kier alpha value is -1.83. The van der Waals surface area contributed by atoms with Gasteiger partial charge >= 0.3 is 0 Å². The zero-order chi connectivity index (χ0) is 22.0. The summed E-state index contributed by atoms with van der Waals surface area (Å²) in [6.45, 7) is 5.35. The fraction of sp³-hybridized carbons (Fsp3) is 0.621. The second-order valence-corrected chi connectivity index (χ2v) is 8.94. The summed E-state index contributed by atoms with van der Waals surface area (Å²) in [6.07, 6.45) is 21.3. The molecule has 1 aromatic carbocycles. The molecule has 0 fully saturated rings. The van der Waals surface area contributed by atoms with E-state index in [2.05, 4.69) is 56.4 Å². The van der Waals surface area contributed by atoms with Gasteiger partial charge in [0.1, 0.15) is 5.75 Å². The van der Waals surface area contributed by atoms with Crippen molar-refractivity contribution in [2.45, 2.75) is 110 Å². The third-order valence-electron chi connectivity index (χ3n) is 6.06. The van der Waals surface area contributed by atoms with E-state index in [0.29, 0.717) is 0 Å². The largest absolute Gasteiger partial charge is 0.494 e. The van der Waals surface area contributed by atoms with Gasteiger partial charge in [-0.05, 0) is 61.4 Å². The third kappa shape index (κ3) is 12.0. The van der Waals surface area contributed by atoms with Crippen LogP contribution in [0.1, 0.15) is 108 Å². The van der Waals surface area contributed by atoms with Crippen LogP contribution < -0.4 is 4.74 Å². The molecule has 2 rings (SSSR count). The molecule has 1 aromatic heterocycles. The second kappa shape index (κ2) is 16.8. The van der Waals surface area contributed by atoms with Crippen molar-refractivity contribution in [1.29, 1.82) is 0 Å². The highest BCUT2D eigenvalue weighted by molar-refractivity contribution is 5.28. The average Bonchev–Trinajstić information content (AvgIpc) is 2.81. The van der Waals surface area contributed by atoms with E-state index in [4.69, 9.17) is 9.72 Å². The SMILES string of the molecule is CCCCCCCCCCc1ccc(CCc2ccc(OCCCCCC)cc2)nc1. The molecule has 1 heterocycles. The van der Waals surface area contributed by atoms with E-state index in [1.54, 1.807) is 0 Å². The van der Waals surface area contributed by atoms with Gasteiger partial charge in [0.2, 0.25) is 0 Å². The molecule has 0 radical (unpaired) electrons. The number of ether oxygens (including phenoxy) is 1. The molecule has 0 N–H and O–H groups in total. The number of hydrogen-bond donors (Lipinski definition) is 0. The molecule has 0 spiro atoms. The first kappa shape index (κ1) is 25.4. The minimum Gasteiger partial charge on any atom is -0.494 e. The van der Waals surface area contributed by atoms with Gasteiger partial charge in [-0.1, -0.05) is 96.3 Å². The number of benzene rings is 1. The molecule has 0 bridgehead atoms. The highest BCUT2D eigenvalue weighted by Crippen LogP contribution is 2.15. The van der Waals surface area contributed by atoms with Crippen molar-refractivity contribution in [3.63, 3.8) is 0 Å². The monoisotopic (exact) mass is 423 g/mol. The molecule has 2 aromatic rings. The smallest absolute Gasteiger partial charge is 0.119 e. The summed E-state index contributed by atoms with van der Waals surface area (Å²) in [5.41, 5.74) is 3.93. The molecule has 0 aliphatic carbocycles. The number of nitrogens with zero attached hydrogens (tertiary/aromatic N) is 1. The Labute approximate surface area is 191 Å². The van der Waals surface area contributed by atoms with Gasteiger partial charge in [0, 0.05) is 11.9 Å². The van der Waals surface area contributed by atoms with E-state index in [1.165, 1.54) is 93.9 Å². The maximum absolute atomic E-state index is 5.84. The molecule has 0 aliphatic heterocycles. The van der Waals surface area contributed by atoms with Crippen molar-refractivity contribution in [2.75, 3.05) is 6.61 Å². The highest BCUT2D eigenvalue weighted by Gasteiger charge is 2.01. The Balaban J connectivity index is 1.59. The topological polar surface area (TPSA) is 22.1 Å². The fourth-order valence-electron chi connectivity index (χ4n) is 3.96. The van der Waals surface area contributed by atoms with Crippen LogP contribution in [0.25, 0.3) is 0 Å². The van der Waals surface area contributed by atoms with Crippen LogP contribution in [0.3, 0.4) is 0 Å². The minimum atomic E-state index is 0.828. The zero-order valence-electron chi connectivity index (χ0n) is 20.2. The molecule has 0 unspecified atom stereocenters. The maximum atomic E-state index is 5.84. The van der Waals surface area contributed by atoms with E-state index in [0.717, 1.165) is 31.6 Å². The van der Waals surface area contributed by atoms with Crippen LogP contribution in [-0.2, 0) is 19.3 Å². The van der Waals surface area contributed by atoms with Crippen LogP contribution in [0.15, 0.2) is 42.6 Å². The lowest BCUT2D eigenvalue weighted by atomic mass is 10.0. The Bertz CT molecular complexity index is 662. The van der Waals surface area contributed by atoms with Gasteiger partial charge in [0.25, 0.3) is 0 Å². The molecule has 0 saturated carbocycles. The molecular formula is C29H45NO. The molecular weight excluding hydrogens is 378 g/mol. The summed E-state index contributed by atoms with van der Waals surface area (Å²) >= 11 is 0. The summed E-state index contributed by atoms with van der Waals surface area (Å²) in [5.74, 6) is 0.990. The first-order valence-corrected chi connectivity index (χ1v) is 13.0. The lowest BCUT2D eigenvalue weighted by Gasteiger charge is -2.08. The Morgan fingerprint density at radius 1 is 0.581 bits per heavy atom. The highest BCUT2D eigenvalue weighted by atomic mass is 16.5. The van der Waals surface area contributed by atoms with Gasteiger partial charge in [0.05, 0.1) is 6.61 Å². The fourth-order valence-corrected chi connectivity index (χ4v) is 3.96. The van der Waals surface area contributed by atoms with Crippen LogP contribution >= 0.6 is 0 Å². The van der Waals surface area contributed by atoms with Gasteiger partial charge in [-0.15, -0.1) is 0 Å². The van der Waals surface area contributed by atoms with Crippen molar-refractivity contribution in [2.24, 2.45) is 0 Å². The number of rotatable bonds is 18. The Morgan fingerprint density at radius 2 is 1.19 bits per heavy atom. The molecule has 0 saturated heterocycles. The van der Waals surface area contributed by atoms with E-state index in [9.17, 15) is 0 Å². The van der Waals surface area contributed by atoms with E-state index in [-0.39, 0.29) is 0 Å². The van der Waals surface area contributed by atoms with Gasteiger partial charge in [-0.25, -0.2) is 0 Å². The lowest BCUT2D eigenvalue weighted by molar-refractivity contribution is 0.305. The summed E-state index contributed by atoms with van der Waals surface area (Å²) in [6, 6.07) is 13.1. The van der Waals surface area contributed by atoms with E-state index in [1.807, 2.05) is 0 Å². The molecule has 2 heteroatoms. The van der Waals surface area contributed by atoms with Gasteiger partial charge < -0.3 is 4.74 Å². The van der Waals surface area contributed by atoms with Gasteiger partial charge in [-0.3, -0.25) is 4.98 Å². The molecule has 0 atom stereocenters. The van der Waals surface area contributed by atoms with Crippen LogP contribution in [0.5, 0.6) is 5.75 Å². The van der Waals surface area contributed by atoms with Crippen LogP contribution in [0.2, 0.25) is 0 Å².